The fraction of sp³-hybridized carbons (Fsp3) is 0.583. The predicted octanol–water partition coefficient (Wildman–Crippen LogP) is 1.23. The summed E-state index contributed by atoms with van der Waals surface area (Å²) < 4.78 is 5.65. The Bertz CT molecular complexity index is 407. The molecule has 0 unspecified atom stereocenters. The van der Waals surface area contributed by atoms with Gasteiger partial charge in [0.2, 0.25) is 5.91 Å². The van der Waals surface area contributed by atoms with Crippen molar-refractivity contribution in [2.24, 2.45) is 0 Å². The van der Waals surface area contributed by atoms with Crippen molar-refractivity contribution in [3.05, 3.63) is 17.3 Å². The highest BCUT2D eigenvalue weighted by Crippen LogP contribution is 2.09. The molecule has 6 nitrogen and oxygen atoms in total. The molecule has 2 N–H and O–H groups in total. The SMILES string of the molecule is O=C(CCOC1CCNCC1)Nc1ccc(Cl)nn1. The Kier molecular flexibility index (Phi) is 5.50. The molecule has 1 amide bonds. The van der Waals surface area contributed by atoms with Crippen LogP contribution in [0.2, 0.25) is 5.15 Å². The number of nitrogens with zero attached hydrogens (tertiary/aromatic N) is 2. The summed E-state index contributed by atoms with van der Waals surface area (Å²) in [6.45, 7) is 2.39. The van der Waals surface area contributed by atoms with Crippen molar-refractivity contribution in [1.29, 1.82) is 0 Å². The van der Waals surface area contributed by atoms with Gasteiger partial charge in [-0.3, -0.25) is 4.79 Å². The van der Waals surface area contributed by atoms with Crippen molar-refractivity contribution in [1.82, 2.24) is 15.5 Å². The van der Waals surface area contributed by atoms with Gasteiger partial charge in [0.05, 0.1) is 19.1 Å². The lowest BCUT2D eigenvalue weighted by Crippen LogP contribution is -2.33. The molecule has 1 fully saturated rings. The second kappa shape index (κ2) is 7.37. The Morgan fingerprint density at radius 1 is 1.42 bits per heavy atom. The van der Waals surface area contributed by atoms with Gasteiger partial charge in [-0.15, -0.1) is 10.2 Å². The Morgan fingerprint density at radius 3 is 2.89 bits per heavy atom. The molecule has 1 aliphatic rings. The van der Waals surface area contributed by atoms with Crippen LogP contribution in [0.3, 0.4) is 0 Å². The minimum absolute atomic E-state index is 0.134. The molecule has 1 aliphatic heterocycles. The molecule has 0 radical (unpaired) electrons. The number of piperidine rings is 1. The number of aromatic nitrogens is 2. The summed E-state index contributed by atoms with van der Waals surface area (Å²) in [7, 11) is 0. The Balaban J connectivity index is 1.65. The normalized spacial score (nSPS) is 16.3. The fourth-order valence-corrected chi connectivity index (χ4v) is 1.97. The Labute approximate surface area is 116 Å². The van der Waals surface area contributed by atoms with Gasteiger partial charge in [-0.25, -0.2) is 0 Å². The third kappa shape index (κ3) is 5.10. The maximum Gasteiger partial charge on any atom is 0.227 e. The van der Waals surface area contributed by atoms with Gasteiger partial charge in [-0.05, 0) is 38.1 Å². The van der Waals surface area contributed by atoms with Gasteiger partial charge in [0.15, 0.2) is 11.0 Å². The van der Waals surface area contributed by atoms with Gasteiger partial charge in [0, 0.05) is 0 Å². The number of amides is 1. The van der Waals surface area contributed by atoms with Crippen LogP contribution in [-0.2, 0) is 9.53 Å². The van der Waals surface area contributed by atoms with Crippen LogP contribution in [-0.4, -0.2) is 41.9 Å². The molecule has 1 aromatic rings. The summed E-state index contributed by atoms with van der Waals surface area (Å²) in [4.78, 5) is 11.6. The summed E-state index contributed by atoms with van der Waals surface area (Å²) in [5.41, 5.74) is 0. The van der Waals surface area contributed by atoms with Crippen molar-refractivity contribution in [2.45, 2.75) is 25.4 Å². The van der Waals surface area contributed by atoms with Crippen LogP contribution in [0.1, 0.15) is 19.3 Å². The third-order valence-electron chi connectivity index (χ3n) is 2.87. The quantitative estimate of drug-likeness (QED) is 0.850. The first kappa shape index (κ1) is 14.2. The van der Waals surface area contributed by atoms with E-state index in [-0.39, 0.29) is 12.0 Å². The number of rotatable bonds is 5. The lowest BCUT2D eigenvalue weighted by molar-refractivity contribution is -0.117. The highest BCUT2D eigenvalue weighted by molar-refractivity contribution is 6.29. The van der Waals surface area contributed by atoms with E-state index in [4.69, 9.17) is 16.3 Å². The lowest BCUT2D eigenvalue weighted by Gasteiger charge is -2.22. The number of carbonyl (C=O) groups is 1. The molecule has 0 aliphatic carbocycles. The van der Waals surface area contributed by atoms with E-state index in [1.165, 1.54) is 0 Å². The topological polar surface area (TPSA) is 76.1 Å². The summed E-state index contributed by atoms with van der Waals surface area (Å²) in [5, 5.41) is 13.6. The van der Waals surface area contributed by atoms with Crippen molar-refractivity contribution < 1.29 is 9.53 Å². The van der Waals surface area contributed by atoms with E-state index in [1.807, 2.05) is 0 Å². The molecule has 19 heavy (non-hydrogen) atoms. The van der Waals surface area contributed by atoms with Gasteiger partial charge >= 0.3 is 0 Å². The van der Waals surface area contributed by atoms with E-state index < -0.39 is 0 Å². The summed E-state index contributed by atoms with van der Waals surface area (Å²) in [5.74, 6) is 0.266. The molecule has 0 bridgehead atoms. The first-order chi connectivity index (χ1) is 9.24. The molecule has 1 saturated heterocycles. The average Bonchev–Trinajstić information content (AvgIpc) is 2.43. The van der Waals surface area contributed by atoms with E-state index in [0.29, 0.717) is 24.0 Å². The van der Waals surface area contributed by atoms with Gasteiger partial charge in [0.25, 0.3) is 0 Å². The minimum atomic E-state index is -0.134. The van der Waals surface area contributed by atoms with Gasteiger partial charge in [0.1, 0.15) is 0 Å². The first-order valence-electron chi connectivity index (χ1n) is 6.35. The molecule has 0 saturated carbocycles. The second-order valence-corrected chi connectivity index (χ2v) is 4.75. The zero-order chi connectivity index (χ0) is 13.5. The molecule has 1 aromatic heterocycles. The van der Waals surface area contributed by atoms with Crippen molar-refractivity contribution in [3.8, 4) is 0 Å². The summed E-state index contributed by atoms with van der Waals surface area (Å²) in [6, 6.07) is 3.19. The highest BCUT2D eigenvalue weighted by atomic mass is 35.5. The van der Waals surface area contributed by atoms with Crippen LogP contribution in [0.15, 0.2) is 12.1 Å². The first-order valence-corrected chi connectivity index (χ1v) is 6.73. The molecule has 7 heteroatoms. The molecular formula is C12H17ClN4O2. The monoisotopic (exact) mass is 284 g/mol. The lowest BCUT2D eigenvalue weighted by atomic mass is 10.1. The largest absolute Gasteiger partial charge is 0.378 e. The number of hydrogen-bond acceptors (Lipinski definition) is 5. The average molecular weight is 285 g/mol. The molecule has 2 rings (SSSR count). The van der Waals surface area contributed by atoms with Crippen LogP contribution in [0.4, 0.5) is 5.82 Å². The van der Waals surface area contributed by atoms with Gasteiger partial charge in [-0.2, -0.15) is 0 Å². The number of hydrogen-bond donors (Lipinski definition) is 2. The number of anilines is 1. The van der Waals surface area contributed by atoms with E-state index in [2.05, 4.69) is 20.8 Å². The van der Waals surface area contributed by atoms with Crippen molar-refractivity contribution in [2.75, 3.05) is 25.0 Å². The van der Waals surface area contributed by atoms with E-state index >= 15 is 0 Å². The number of halogens is 1. The number of carbonyl (C=O) groups excluding carboxylic acids is 1. The van der Waals surface area contributed by atoms with Gasteiger partial charge < -0.3 is 15.4 Å². The van der Waals surface area contributed by atoms with Crippen LogP contribution < -0.4 is 10.6 Å². The van der Waals surface area contributed by atoms with Crippen LogP contribution in [0.5, 0.6) is 0 Å². The Morgan fingerprint density at radius 2 is 2.21 bits per heavy atom. The van der Waals surface area contributed by atoms with Crippen LogP contribution in [0.25, 0.3) is 0 Å². The third-order valence-corrected chi connectivity index (χ3v) is 3.07. The highest BCUT2D eigenvalue weighted by Gasteiger charge is 2.13. The van der Waals surface area contributed by atoms with Gasteiger partial charge in [-0.1, -0.05) is 11.6 Å². The van der Waals surface area contributed by atoms with Crippen molar-refractivity contribution >= 4 is 23.3 Å². The minimum Gasteiger partial charge on any atom is -0.378 e. The molecule has 0 spiro atoms. The second-order valence-electron chi connectivity index (χ2n) is 4.36. The smallest absolute Gasteiger partial charge is 0.227 e. The maximum atomic E-state index is 11.6. The Hall–Kier alpha value is -1.24. The van der Waals surface area contributed by atoms with Crippen LogP contribution >= 0.6 is 11.6 Å². The fourth-order valence-electron chi connectivity index (χ4n) is 1.87. The molecular weight excluding hydrogens is 268 g/mol. The summed E-state index contributed by atoms with van der Waals surface area (Å²) >= 11 is 5.61. The zero-order valence-electron chi connectivity index (χ0n) is 10.6. The van der Waals surface area contributed by atoms with Crippen LogP contribution in [0, 0.1) is 0 Å². The summed E-state index contributed by atoms with van der Waals surface area (Å²) in [6.07, 6.45) is 2.59. The van der Waals surface area contributed by atoms with E-state index in [9.17, 15) is 4.79 Å². The molecule has 2 heterocycles. The molecule has 0 aromatic carbocycles. The van der Waals surface area contributed by atoms with E-state index in [0.717, 1.165) is 25.9 Å². The standard InChI is InChI=1S/C12H17ClN4O2/c13-10-1-2-11(17-16-10)15-12(18)5-8-19-9-3-6-14-7-4-9/h1-2,9,14H,3-8H2,(H,15,17,18). The maximum absolute atomic E-state index is 11.6. The zero-order valence-corrected chi connectivity index (χ0v) is 11.3. The molecule has 0 atom stereocenters. The van der Waals surface area contributed by atoms with Crippen molar-refractivity contribution in [3.63, 3.8) is 0 Å². The predicted molar refractivity (Wildman–Crippen MR) is 72.1 cm³/mol. The number of ether oxygens (including phenoxy) is 1. The molecule has 104 valence electrons. The number of nitrogens with one attached hydrogen (secondary N) is 2. The van der Waals surface area contributed by atoms with E-state index in [1.54, 1.807) is 12.1 Å².